The first-order chi connectivity index (χ1) is 6.27. The molecule has 0 aliphatic rings. The summed E-state index contributed by atoms with van der Waals surface area (Å²) in [5.74, 6) is 0. The fraction of sp³-hybridized carbons (Fsp3) is 0.300. The van der Waals surface area contributed by atoms with Gasteiger partial charge in [-0.3, -0.25) is 4.98 Å². The number of hydrogen-bond donors (Lipinski definition) is 2. The van der Waals surface area contributed by atoms with Crippen LogP contribution in [0.3, 0.4) is 0 Å². The number of hydrogen-bond acceptors (Lipinski definition) is 3. The number of aromatic nitrogens is 1. The molecular weight excluding hydrogens is 162 g/mol. The van der Waals surface area contributed by atoms with Crippen LogP contribution in [-0.2, 0) is 12.8 Å². The van der Waals surface area contributed by atoms with Gasteiger partial charge < -0.3 is 11.5 Å². The van der Waals surface area contributed by atoms with Crippen molar-refractivity contribution in [2.24, 2.45) is 5.73 Å². The fourth-order valence-corrected chi connectivity index (χ4v) is 1.18. The maximum absolute atomic E-state index is 5.79. The number of nitrogens with zero attached hydrogens (tertiary/aromatic N) is 1. The van der Waals surface area contributed by atoms with Gasteiger partial charge in [0.25, 0.3) is 0 Å². The van der Waals surface area contributed by atoms with E-state index in [-0.39, 0.29) is 0 Å². The molecule has 1 aromatic rings. The summed E-state index contributed by atoms with van der Waals surface area (Å²) in [5, 5.41) is 0. The molecule has 1 aromatic heterocycles. The number of allylic oxidation sites excluding steroid dienone is 1. The van der Waals surface area contributed by atoms with Gasteiger partial charge in [0.05, 0.1) is 11.4 Å². The molecule has 4 N–H and O–H groups in total. The Morgan fingerprint density at radius 3 is 2.85 bits per heavy atom. The van der Waals surface area contributed by atoms with E-state index in [1.165, 1.54) is 0 Å². The van der Waals surface area contributed by atoms with Gasteiger partial charge in [-0.1, -0.05) is 6.08 Å². The standard InChI is InChI=1S/C10H15N3/c1-2-3-8-6-9(12)10(4-5-11)13-7-8/h2,6-7H,1,3-5,11-12H2. The van der Waals surface area contributed by atoms with Gasteiger partial charge in [0.1, 0.15) is 0 Å². The van der Waals surface area contributed by atoms with Crippen LogP contribution >= 0.6 is 0 Å². The van der Waals surface area contributed by atoms with Crippen molar-refractivity contribution in [1.29, 1.82) is 0 Å². The van der Waals surface area contributed by atoms with E-state index in [0.29, 0.717) is 6.54 Å². The van der Waals surface area contributed by atoms with Gasteiger partial charge in [-0.2, -0.15) is 0 Å². The van der Waals surface area contributed by atoms with Gasteiger partial charge >= 0.3 is 0 Å². The van der Waals surface area contributed by atoms with E-state index >= 15 is 0 Å². The summed E-state index contributed by atoms with van der Waals surface area (Å²) in [6.45, 7) is 4.24. The van der Waals surface area contributed by atoms with Gasteiger partial charge in [0.15, 0.2) is 0 Å². The molecule has 0 aromatic carbocycles. The lowest BCUT2D eigenvalue weighted by atomic mass is 10.1. The summed E-state index contributed by atoms with van der Waals surface area (Å²) in [6.07, 6.45) is 5.20. The number of pyridine rings is 1. The minimum absolute atomic E-state index is 0.581. The van der Waals surface area contributed by atoms with E-state index in [1.54, 1.807) is 0 Å². The third kappa shape index (κ3) is 2.56. The lowest BCUT2D eigenvalue weighted by Gasteiger charge is -2.04. The van der Waals surface area contributed by atoms with Crippen LogP contribution in [0.15, 0.2) is 24.9 Å². The molecule has 3 heteroatoms. The van der Waals surface area contributed by atoms with Gasteiger partial charge in [-0.05, 0) is 24.6 Å². The summed E-state index contributed by atoms with van der Waals surface area (Å²) < 4.78 is 0. The van der Waals surface area contributed by atoms with Crippen LogP contribution in [0.5, 0.6) is 0 Å². The van der Waals surface area contributed by atoms with E-state index < -0.39 is 0 Å². The van der Waals surface area contributed by atoms with Gasteiger partial charge in [0, 0.05) is 12.6 Å². The summed E-state index contributed by atoms with van der Waals surface area (Å²) in [4.78, 5) is 4.23. The minimum Gasteiger partial charge on any atom is -0.397 e. The van der Waals surface area contributed by atoms with Crippen molar-refractivity contribution in [3.05, 3.63) is 36.2 Å². The summed E-state index contributed by atoms with van der Waals surface area (Å²) in [5.41, 5.74) is 13.9. The van der Waals surface area contributed by atoms with Gasteiger partial charge in [-0.15, -0.1) is 6.58 Å². The molecule has 0 aliphatic heterocycles. The monoisotopic (exact) mass is 177 g/mol. The molecule has 0 spiro atoms. The summed E-state index contributed by atoms with van der Waals surface area (Å²) in [6, 6.07) is 1.93. The van der Waals surface area contributed by atoms with Crippen LogP contribution in [0, 0.1) is 0 Å². The lowest BCUT2D eigenvalue weighted by Crippen LogP contribution is -2.07. The van der Waals surface area contributed by atoms with E-state index in [0.717, 1.165) is 29.8 Å². The molecule has 0 fully saturated rings. The summed E-state index contributed by atoms with van der Waals surface area (Å²) in [7, 11) is 0. The van der Waals surface area contributed by atoms with Crippen molar-refractivity contribution in [2.45, 2.75) is 12.8 Å². The van der Waals surface area contributed by atoms with Crippen molar-refractivity contribution < 1.29 is 0 Å². The molecule has 3 nitrogen and oxygen atoms in total. The third-order valence-electron chi connectivity index (χ3n) is 1.82. The van der Waals surface area contributed by atoms with Crippen LogP contribution in [-0.4, -0.2) is 11.5 Å². The molecule has 13 heavy (non-hydrogen) atoms. The van der Waals surface area contributed by atoms with Gasteiger partial charge in [0.2, 0.25) is 0 Å². The lowest BCUT2D eigenvalue weighted by molar-refractivity contribution is 0.922. The van der Waals surface area contributed by atoms with Crippen LogP contribution in [0.1, 0.15) is 11.3 Å². The van der Waals surface area contributed by atoms with Crippen molar-refractivity contribution >= 4 is 5.69 Å². The second-order valence-electron chi connectivity index (χ2n) is 2.91. The quantitative estimate of drug-likeness (QED) is 0.671. The second kappa shape index (κ2) is 4.62. The van der Waals surface area contributed by atoms with Crippen molar-refractivity contribution in [3.8, 4) is 0 Å². The van der Waals surface area contributed by atoms with Crippen LogP contribution in [0.25, 0.3) is 0 Å². The molecule has 0 aliphatic carbocycles. The maximum atomic E-state index is 5.79. The van der Waals surface area contributed by atoms with E-state index in [1.807, 2.05) is 18.3 Å². The molecule has 1 rings (SSSR count). The van der Waals surface area contributed by atoms with E-state index in [9.17, 15) is 0 Å². The third-order valence-corrected chi connectivity index (χ3v) is 1.82. The van der Waals surface area contributed by atoms with E-state index in [4.69, 9.17) is 11.5 Å². The Hall–Kier alpha value is -1.35. The molecule has 0 atom stereocenters. The molecule has 0 saturated heterocycles. The fourth-order valence-electron chi connectivity index (χ4n) is 1.18. The first-order valence-electron chi connectivity index (χ1n) is 4.32. The van der Waals surface area contributed by atoms with Crippen molar-refractivity contribution in [3.63, 3.8) is 0 Å². The molecule has 0 radical (unpaired) electrons. The van der Waals surface area contributed by atoms with Crippen LogP contribution in [0.2, 0.25) is 0 Å². The minimum atomic E-state index is 0.581. The zero-order valence-electron chi connectivity index (χ0n) is 7.66. The van der Waals surface area contributed by atoms with Gasteiger partial charge in [-0.25, -0.2) is 0 Å². The Bertz CT molecular complexity index is 294. The zero-order chi connectivity index (χ0) is 9.68. The zero-order valence-corrected chi connectivity index (χ0v) is 7.66. The molecule has 0 amide bonds. The average molecular weight is 177 g/mol. The Morgan fingerprint density at radius 2 is 2.31 bits per heavy atom. The first kappa shape index (κ1) is 9.74. The molecule has 1 heterocycles. The Balaban J connectivity index is 2.84. The molecule has 0 saturated carbocycles. The molecule has 0 unspecified atom stereocenters. The predicted molar refractivity (Wildman–Crippen MR) is 55.3 cm³/mol. The average Bonchev–Trinajstić information content (AvgIpc) is 2.10. The highest BCUT2D eigenvalue weighted by atomic mass is 14.7. The predicted octanol–water partition coefficient (Wildman–Crippen LogP) is 0.894. The Labute approximate surface area is 78.5 Å². The number of rotatable bonds is 4. The number of anilines is 1. The van der Waals surface area contributed by atoms with E-state index in [2.05, 4.69) is 11.6 Å². The van der Waals surface area contributed by atoms with Crippen molar-refractivity contribution in [1.82, 2.24) is 4.98 Å². The maximum Gasteiger partial charge on any atom is 0.0645 e. The molecule has 0 bridgehead atoms. The van der Waals surface area contributed by atoms with Crippen LogP contribution in [0.4, 0.5) is 5.69 Å². The summed E-state index contributed by atoms with van der Waals surface area (Å²) >= 11 is 0. The smallest absolute Gasteiger partial charge is 0.0645 e. The Kier molecular flexibility index (Phi) is 3.46. The number of nitrogens with two attached hydrogens (primary N) is 2. The second-order valence-corrected chi connectivity index (χ2v) is 2.91. The molecular formula is C10H15N3. The van der Waals surface area contributed by atoms with Crippen LogP contribution < -0.4 is 11.5 Å². The normalized spacial score (nSPS) is 9.92. The highest BCUT2D eigenvalue weighted by Crippen LogP contribution is 2.11. The highest BCUT2D eigenvalue weighted by molar-refractivity contribution is 5.45. The number of nitrogen functional groups attached to an aromatic ring is 1. The van der Waals surface area contributed by atoms with Crippen molar-refractivity contribution in [2.75, 3.05) is 12.3 Å². The largest absolute Gasteiger partial charge is 0.397 e. The highest BCUT2D eigenvalue weighted by Gasteiger charge is 2.00. The Morgan fingerprint density at radius 1 is 1.54 bits per heavy atom. The molecule has 70 valence electrons. The topological polar surface area (TPSA) is 64.9 Å². The SMILES string of the molecule is C=CCc1cnc(CCN)c(N)c1. The first-order valence-corrected chi connectivity index (χ1v) is 4.32.